The highest BCUT2D eigenvalue weighted by Gasteiger charge is 2.53. The average molecular weight is 360 g/mol. The lowest BCUT2D eigenvalue weighted by Crippen LogP contribution is -2.46. The molecule has 0 aromatic heterocycles. The first-order chi connectivity index (χ1) is 10.4. The molecule has 3 rings (SSSR count). The second-order valence-electron chi connectivity index (χ2n) is 5.57. The first-order valence-corrected chi connectivity index (χ1v) is 8.72. The van der Waals surface area contributed by atoms with Crippen molar-refractivity contribution in [1.29, 1.82) is 0 Å². The molecule has 0 aliphatic carbocycles. The van der Waals surface area contributed by atoms with E-state index in [1.807, 2.05) is 6.92 Å². The van der Waals surface area contributed by atoms with Crippen molar-refractivity contribution < 1.29 is 14.3 Å². The fourth-order valence-corrected chi connectivity index (χ4v) is 4.83. The number of amides is 1. The van der Waals surface area contributed by atoms with E-state index in [0.29, 0.717) is 27.8 Å². The van der Waals surface area contributed by atoms with Crippen molar-refractivity contribution in [2.24, 2.45) is 0 Å². The molecular weight excluding hydrogens is 345 g/mol. The fourth-order valence-electron chi connectivity index (χ4n) is 2.90. The molecule has 0 saturated carbocycles. The Labute approximate surface area is 143 Å². The van der Waals surface area contributed by atoms with Gasteiger partial charge in [0.05, 0.1) is 4.87 Å². The van der Waals surface area contributed by atoms with Crippen LogP contribution in [0, 0.1) is 0 Å². The summed E-state index contributed by atoms with van der Waals surface area (Å²) in [5.41, 5.74) is 0.584. The van der Waals surface area contributed by atoms with Crippen molar-refractivity contribution in [1.82, 2.24) is 4.90 Å². The van der Waals surface area contributed by atoms with Crippen LogP contribution in [0.2, 0.25) is 10.0 Å². The predicted octanol–water partition coefficient (Wildman–Crippen LogP) is 3.49. The number of halogens is 2. The van der Waals surface area contributed by atoms with Gasteiger partial charge in [0.25, 0.3) is 0 Å². The Bertz CT molecular complexity index is 619. The van der Waals surface area contributed by atoms with Crippen molar-refractivity contribution >= 4 is 46.8 Å². The summed E-state index contributed by atoms with van der Waals surface area (Å²) in [6.45, 7) is 2.01. The maximum atomic E-state index is 12.4. The molecule has 2 heterocycles. The molecule has 4 nitrogen and oxygen atoms in total. The maximum absolute atomic E-state index is 12.4. The van der Waals surface area contributed by atoms with Crippen LogP contribution in [0.5, 0.6) is 0 Å². The number of esters is 1. The summed E-state index contributed by atoms with van der Waals surface area (Å²) in [7, 11) is 0. The molecule has 1 aromatic carbocycles. The van der Waals surface area contributed by atoms with Gasteiger partial charge in [0.2, 0.25) is 5.91 Å². The van der Waals surface area contributed by atoms with Gasteiger partial charge in [-0.25, -0.2) is 4.79 Å². The Balaban J connectivity index is 1.69. The Kier molecular flexibility index (Phi) is 4.32. The van der Waals surface area contributed by atoms with Gasteiger partial charge in [0.15, 0.2) is 0 Å². The Morgan fingerprint density at radius 1 is 1.45 bits per heavy atom. The first-order valence-electron chi connectivity index (χ1n) is 6.98. The van der Waals surface area contributed by atoms with Crippen LogP contribution in [0.1, 0.15) is 25.3 Å². The van der Waals surface area contributed by atoms with Gasteiger partial charge < -0.3 is 9.64 Å². The molecule has 7 heteroatoms. The second kappa shape index (κ2) is 5.95. The molecule has 0 spiro atoms. The zero-order chi connectivity index (χ0) is 15.9. The molecular formula is C15H15Cl2NO3S. The molecule has 2 atom stereocenters. The van der Waals surface area contributed by atoms with Crippen LogP contribution in [-0.4, -0.2) is 33.4 Å². The molecule has 118 valence electrons. The predicted molar refractivity (Wildman–Crippen MR) is 87.0 cm³/mol. The Morgan fingerprint density at radius 2 is 2.14 bits per heavy atom. The van der Waals surface area contributed by atoms with Crippen LogP contribution >= 0.6 is 35.0 Å². The summed E-state index contributed by atoms with van der Waals surface area (Å²) in [6.07, 6.45) is 1.26. The molecule has 0 unspecified atom stereocenters. The maximum Gasteiger partial charge on any atom is 0.330 e. The highest BCUT2D eigenvalue weighted by atomic mass is 35.5. The summed E-state index contributed by atoms with van der Waals surface area (Å²) in [5.74, 6) is 0.185. The third-order valence-electron chi connectivity index (χ3n) is 4.14. The molecule has 1 aromatic rings. The van der Waals surface area contributed by atoms with E-state index >= 15 is 0 Å². The van der Waals surface area contributed by atoms with Gasteiger partial charge >= 0.3 is 5.97 Å². The van der Waals surface area contributed by atoms with Crippen molar-refractivity contribution in [2.75, 3.05) is 5.75 Å². The van der Waals surface area contributed by atoms with E-state index in [0.717, 1.165) is 6.42 Å². The van der Waals surface area contributed by atoms with Crippen molar-refractivity contribution in [2.45, 2.75) is 37.3 Å². The number of carbonyl (C=O) groups excluding carboxylic acids is 2. The summed E-state index contributed by atoms with van der Waals surface area (Å²) < 4.78 is 5.36. The van der Waals surface area contributed by atoms with Crippen LogP contribution in [-0.2, 0) is 20.9 Å². The summed E-state index contributed by atoms with van der Waals surface area (Å²) in [4.78, 5) is 25.8. The van der Waals surface area contributed by atoms with E-state index in [1.165, 1.54) is 0 Å². The van der Waals surface area contributed by atoms with E-state index in [1.54, 1.807) is 34.9 Å². The van der Waals surface area contributed by atoms with Crippen LogP contribution in [0.4, 0.5) is 0 Å². The second-order valence-corrected chi connectivity index (χ2v) is 7.89. The van der Waals surface area contributed by atoms with Gasteiger partial charge in [-0.2, -0.15) is 0 Å². The zero-order valence-corrected chi connectivity index (χ0v) is 14.3. The van der Waals surface area contributed by atoms with E-state index in [9.17, 15) is 9.59 Å². The minimum absolute atomic E-state index is 0.0112. The third-order valence-corrected chi connectivity index (χ3v) is 6.35. The number of carbonyl (C=O) groups is 2. The number of thioether (sulfide) groups is 1. The minimum Gasteiger partial charge on any atom is -0.459 e. The van der Waals surface area contributed by atoms with Crippen LogP contribution < -0.4 is 0 Å². The molecule has 22 heavy (non-hydrogen) atoms. The molecule has 0 radical (unpaired) electrons. The Hall–Kier alpha value is -0.910. The van der Waals surface area contributed by atoms with Gasteiger partial charge in [0.1, 0.15) is 12.6 Å². The van der Waals surface area contributed by atoms with Gasteiger partial charge in [-0.1, -0.05) is 29.3 Å². The van der Waals surface area contributed by atoms with Crippen molar-refractivity contribution in [3.8, 4) is 0 Å². The molecule has 2 aliphatic rings. The van der Waals surface area contributed by atoms with E-state index < -0.39 is 12.0 Å². The average Bonchev–Trinajstić information content (AvgIpc) is 2.95. The van der Waals surface area contributed by atoms with Gasteiger partial charge in [-0.15, -0.1) is 11.8 Å². The highest BCUT2D eigenvalue weighted by Crippen LogP contribution is 2.47. The Morgan fingerprint density at radius 3 is 2.82 bits per heavy atom. The number of benzene rings is 1. The quantitative estimate of drug-likeness (QED) is 0.775. The van der Waals surface area contributed by atoms with Crippen molar-refractivity contribution in [3.05, 3.63) is 33.8 Å². The van der Waals surface area contributed by atoms with Crippen LogP contribution in [0.25, 0.3) is 0 Å². The van der Waals surface area contributed by atoms with Gasteiger partial charge in [-0.05, 0) is 25.5 Å². The summed E-state index contributed by atoms with van der Waals surface area (Å²) in [5, 5.41) is 0.923. The number of rotatable bonds is 3. The smallest absolute Gasteiger partial charge is 0.330 e. The number of hydrogen-bond donors (Lipinski definition) is 0. The molecule has 0 bridgehead atoms. The molecule has 2 saturated heterocycles. The SMILES string of the molecule is C[C@]12CCC(=O)N1[C@@H](C(=O)OCc1c(Cl)cccc1Cl)CS2. The van der Waals surface area contributed by atoms with Crippen molar-refractivity contribution in [3.63, 3.8) is 0 Å². The van der Waals surface area contributed by atoms with E-state index in [-0.39, 0.29) is 17.4 Å². The number of hydrogen-bond acceptors (Lipinski definition) is 4. The highest BCUT2D eigenvalue weighted by molar-refractivity contribution is 8.01. The lowest BCUT2D eigenvalue weighted by molar-refractivity contribution is -0.154. The monoisotopic (exact) mass is 359 g/mol. The molecule has 0 N–H and O–H groups in total. The van der Waals surface area contributed by atoms with E-state index in [4.69, 9.17) is 27.9 Å². The molecule has 2 fully saturated rings. The lowest BCUT2D eigenvalue weighted by Gasteiger charge is -2.29. The van der Waals surface area contributed by atoms with Gasteiger partial charge in [-0.3, -0.25) is 4.79 Å². The largest absolute Gasteiger partial charge is 0.459 e. The molecule has 1 amide bonds. The molecule has 2 aliphatic heterocycles. The topological polar surface area (TPSA) is 46.6 Å². The fraction of sp³-hybridized carbons (Fsp3) is 0.467. The summed E-state index contributed by atoms with van der Waals surface area (Å²) in [6, 6.07) is 4.61. The van der Waals surface area contributed by atoms with Crippen LogP contribution in [0.15, 0.2) is 18.2 Å². The first kappa shape index (κ1) is 16.0. The lowest BCUT2D eigenvalue weighted by atomic mass is 10.2. The standard InChI is InChI=1S/C15H15Cl2NO3S/c1-15-6-5-13(19)18(15)12(8-22-15)14(20)21-7-9-10(16)3-2-4-11(9)17/h2-4,12H,5-8H2,1H3/t12-,15+/m1/s1. The minimum atomic E-state index is -0.522. The van der Waals surface area contributed by atoms with Gasteiger partial charge in [0, 0.05) is 27.8 Å². The zero-order valence-electron chi connectivity index (χ0n) is 12.0. The normalized spacial score (nSPS) is 27.1. The van der Waals surface area contributed by atoms with E-state index in [2.05, 4.69) is 0 Å². The number of fused-ring (bicyclic) bond motifs is 1. The van der Waals surface area contributed by atoms with Crippen LogP contribution in [0.3, 0.4) is 0 Å². The number of ether oxygens (including phenoxy) is 1. The third kappa shape index (κ3) is 2.70. The number of nitrogens with zero attached hydrogens (tertiary/aromatic N) is 1. The summed E-state index contributed by atoms with van der Waals surface area (Å²) >= 11 is 13.8.